The van der Waals surface area contributed by atoms with Crippen molar-refractivity contribution in [3.8, 4) is 0 Å². The molecule has 0 aromatic heterocycles. The molecule has 1 saturated carbocycles. The molecule has 104 valence electrons. The van der Waals surface area contributed by atoms with E-state index in [-0.39, 0.29) is 17.2 Å². The number of non-ortho nitro benzene ring substituents is 1. The molecule has 0 heterocycles. The van der Waals surface area contributed by atoms with Gasteiger partial charge in [0.2, 0.25) is 0 Å². The van der Waals surface area contributed by atoms with Crippen LogP contribution in [0.3, 0.4) is 0 Å². The Hall–Kier alpha value is -1.42. The maximum absolute atomic E-state index is 10.6. The van der Waals surface area contributed by atoms with Crippen molar-refractivity contribution >= 4 is 5.69 Å². The predicted molar refractivity (Wildman–Crippen MR) is 73.9 cm³/mol. The summed E-state index contributed by atoms with van der Waals surface area (Å²) in [4.78, 5) is 10.2. The van der Waals surface area contributed by atoms with Gasteiger partial charge in [-0.1, -0.05) is 32.4 Å². The lowest BCUT2D eigenvalue weighted by atomic mass is 9.77. The van der Waals surface area contributed by atoms with Gasteiger partial charge in [0, 0.05) is 12.1 Å². The summed E-state index contributed by atoms with van der Waals surface area (Å²) in [7, 11) is 0. The van der Waals surface area contributed by atoms with Gasteiger partial charge < -0.3 is 5.11 Å². The molecule has 19 heavy (non-hydrogen) atoms. The molecule has 2 atom stereocenters. The molecule has 4 heteroatoms. The summed E-state index contributed by atoms with van der Waals surface area (Å²) in [5, 5.41) is 21.0. The van der Waals surface area contributed by atoms with Crippen LogP contribution in [0.15, 0.2) is 24.3 Å². The highest BCUT2D eigenvalue weighted by Crippen LogP contribution is 2.44. The number of nitrogens with zero attached hydrogens (tertiary/aromatic N) is 1. The molecule has 0 spiro atoms. The fourth-order valence-corrected chi connectivity index (χ4v) is 3.20. The monoisotopic (exact) mass is 263 g/mol. The fraction of sp³-hybridized carbons (Fsp3) is 0.600. The second-order valence-electron chi connectivity index (χ2n) is 6.18. The van der Waals surface area contributed by atoms with E-state index in [1.54, 1.807) is 12.1 Å². The maximum atomic E-state index is 10.6. The number of hydrogen-bond donors (Lipinski definition) is 1. The lowest BCUT2D eigenvalue weighted by molar-refractivity contribution is -0.384. The van der Waals surface area contributed by atoms with Crippen LogP contribution in [0.2, 0.25) is 0 Å². The van der Waals surface area contributed by atoms with Gasteiger partial charge in [-0.2, -0.15) is 0 Å². The molecule has 0 amide bonds. The van der Waals surface area contributed by atoms with Gasteiger partial charge in [0.25, 0.3) is 5.69 Å². The highest BCUT2D eigenvalue weighted by molar-refractivity contribution is 5.33. The Balaban J connectivity index is 2.02. The molecule has 1 N–H and O–H groups in total. The van der Waals surface area contributed by atoms with Crippen molar-refractivity contribution in [2.75, 3.05) is 0 Å². The number of rotatable bonds is 4. The Morgan fingerprint density at radius 2 is 2.05 bits per heavy atom. The Labute approximate surface area is 113 Å². The van der Waals surface area contributed by atoms with Crippen molar-refractivity contribution in [1.29, 1.82) is 0 Å². The Morgan fingerprint density at radius 3 is 2.53 bits per heavy atom. The number of nitro groups is 1. The summed E-state index contributed by atoms with van der Waals surface area (Å²) in [6.45, 7) is 4.42. The molecule has 4 nitrogen and oxygen atoms in total. The highest BCUT2D eigenvalue weighted by Gasteiger charge is 2.38. The zero-order chi connectivity index (χ0) is 14.0. The number of benzene rings is 1. The summed E-state index contributed by atoms with van der Waals surface area (Å²) in [6.07, 6.45) is 3.62. The highest BCUT2D eigenvalue weighted by atomic mass is 16.6. The van der Waals surface area contributed by atoms with Gasteiger partial charge in [-0.25, -0.2) is 0 Å². The second kappa shape index (κ2) is 5.29. The van der Waals surface area contributed by atoms with Crippen molar-refractivity contribution in [2.45, 2.75) is 45.6 Å². The summed E-state index contributed by atoms with van der Waals surface area (Å²) in [6, 6.07) is 6.48. The van der Waals surface area contributed by atoms with Gasteiger partial charge in [-0.05, 0) is 36.2 Å². The minimum Gasteiger partial charge on any atom is -0.392 e. The Bertz CT molecular complexity index is 453. The van der Waals surface area contributed by atoms with Crippen LogP contribution in [-0.4, -0.2) is 16.1 Å². The fourth-order valence-electron chi connectivity index (χ4n) is 3.20. The summed E-state index contributed by atoms with van der Waals surface area (Å²) in [5.74, 6) is 0.322. The van der Waals surface area contributed by atoms with Crippen molar-refractivity contribution < 1.29 is 10.0 Å². The van der Waals surface area contributed by atoms with Crippen molar-refractivity contribution in [2.24, 2.45) is 11.3 Å². The molecule has 1 aliphatic carbocycles. The van der Waals surface area contributed by atoms with Crippen molar-refractivity contribution in [3.05, 3.63) is 39.9 Å². The molecule has 1 aliphatic rings. The molecule has 1 aromatic rings. The molecular formula is C15H21NO3. The summed E-state index contributed by atoms with van der Waals surface area (Å²) in [5.41, 5.74) is 1.25. The van der Waals surface area contributed by atoms with Gasteiger partial charge >= 0.3 is 0 Å². The van der Waals surface area contributed by atoms with Gasteiger partial charge in [0.05, 0.1) is 11.0 Å². The normalized spacial score (nSPS) is 23.2. The Morgan fingerprint density at radius 1 is 1.42 bits per heavy atom. The average molecular weight is 263 g/mol. The molecule has 0 saturated heterocycles. The van der Waals surface area contributed by atoms with Crippen LogP contribution in [0.1, 0.15) is 38.7 Å². The molecule has 0 bridgehead atoms. The first-order valence-electron chi connectivity index (χ1n) is 6.81. The third-order valence-corrected chi connectivity index (χ3v) is 4.40. The lowest BCUT2D eigenvalue weighted by Crippen LogP contribution is -2.31. The number of hydrogen-bond acceptors (Lipinski definition) is 3. The van der Waals surface area contributed by atoms with Crippen LogP contribution in [0.5, 0.6) is 0 Å². The van der Waals surface area contributed by atoms with E-state index >= 15 is 0 Å². The van der Waals surface area contributed by atoms with E-state index in [4.69, 9.17) is 0 Å². The van der Waals surface area contributed by atoms with Crippen LogP contribution in [0.25, 0.3) is 0 Å². The maximum Gasteiger partial charge on any atom is 0.269 e. The van der Waals surface area contributed by atoms with Crippen LogP contribution in [-0.2, 0) is 6.42 Å². The first-order chi connectivity index (χ1) is 8.90. The Kier molecular flexibility index (Phi) is 3.90. The van der Waals surface area contributed by atoms with E-state index in [1.165, 1.54) is 18.6 Å². The largest absolute Gasteiger partial charge is 0.392 e. The first kappa shape index (κ1) is 14.0. The number of aliphatic hydroxyl groups excluding tert-OH is 1. The van der Waals surface area contributed by atoms with Crippen molar-refractivity contribution in [1.82, 2.24) is 0 Å². The lowest BCUT2D eigenvalue weighted by Gasteiger charge is -2.31. The van der Waals surface area contributed by atoms with Crippen LogP contribution < -0.4 is 0 Å². The molecule has 0 radical (unpaired) electrons. The minimum absolute atomic E-state index is 0.0967. The summed E-state index contributed by atoms with van der Waals surface area (Å²) >= 11 is 0. The minimum atomic E-state index is -0.402. The predicted octanol–water partition coefficient (Wildman–Crippen LogP) is 3.32. The molecule has 2 unspecified atom stereocenters. The van der Waals surface area contributed by atoms with Crippen molar-refractivity contribution in [3.63, 3.8) is 0 Å². The van der Waals surface area contributed by atoms with Crippen LogP contribution in [0, 0.1) is 21.4 Å². The van der Waals surface area contributed by atoms with Crippen LogP contribution in [0.4, 0.5) is 5.69 Å². The number of aliphatic hydroxyl groups is 1. The van der Waals surface area contributed by atoms with Crippen LogP contribution >= 0.6 is 0 Å². The van der Waals surface area contributed by atoms with Gasteiger partial charge in [0.1, 0.15) is 0 Å². The van der Waals surface area contributed by atoms with E-state index in [2.05, 4.69) is 13.8 Å². The zero-order valence-corrected chi connectivity index (χ0v) is 11.5. The topological polar surface area (TPSA) is 63.4 Å². The molecule has 1 aromatic carbocycles. The molecule has 2 rings (SSSR count). The van der Waals surface area contributed by atoms with E-state index in [0.717, 1.165) is 18.4 Å². The second-order valence-corrected chi connectivity index (χ2v) is 6.18. The first-order valence-corrected chi connectivity index (χ1v) is 6.81. The molecular weight excluding hydrogens is 242 g/mol. The van der Waals surface area contributed by atoms with E-state index < -0.39 is 4.92 Å². The quantitative estimate of drug-likeness (QED) is 0.669. The van der Waals surface area contributed by atoms with Gasteiger partial charge in [-0.15, -0.1) is 0 Å². The van der Waals surface area contributed by atoms with Gasteiger partial charge in [0.15, 0.2) is 0 Å². The smallest absolute Gasteiger partial charge is 0.269 e. The molecule has 1 fully saturated rings. The third kappa shape index (κ3) is 3.13. The van der Waals surface area contributed by atoms with E-state index in [0.29, 0.717) is 12.3 Å². The standard InChI is InChI=1S/C15H21NO3/c1-15(2)9-3-4-13(15)14(17)10-11-5-7-12(8-6-11)16(18)19/h5-8,13-14,17H,3-4,9-10H2,1-2H3. The average Bonchev–Trinajstić information content (AvgIpc) is 2.69. The molecule has 0 aliphatic heterocycles. The van der Waals surface area contributed by atoms with E-state index in [9.17, 15) is 15.2 Å². The summed E-state index contributed by atoms with van der Waals surface area (Å²) < 4.78 is 0. The van der Waals surface area contributed by atoms with Gasteiger partial charge in [-0.3, -0.25) is 10.1 Å². The SMILES string of the molecule is CC1(C)CCCC1C(O)Cc1ccc([N+](=O)[O-])cc1. The van der Waals surface area contributed by atoms with E-state index in [1.807, 2.05) is 0 Å². The zero-order valence-electron chi connectivity index (χ0n) is 11.5. The number of nitro benzene ring substituents is 1. The third-order valence-electron chi connectivity index (χ3n) is 4.40.